The highest BCUT2D eigenvalue weighted by atomic mass is 16.5. The Hall–Kier alpha value is -3.75. The molecule has 0 bridgehead atoms. The van der Waals surface area contributed by atoms with E-state index in [0.717, 1.165) is 11.3 Å². The molecule has 1 aliphatic heterocycles. The van der Waals surface area contributed by atoms with Gasteiger partial charge in [0.15, 0.2) is 11.7 Å². The molecule has 2 fully saturated rings. The van der Waals surface area contributed by atoms with E-state index in [4.69, 9.17) is 9.84 Å². The first-order valence-corrected chi connectivity index (χ1v) is 10.9. The number of carbonyl (C=O) groups is 4. The van der Waals surface area contributed by atoms with Crippen LogP contribution >= 0.6 is 0 Å². The fourth-order valence-electron chi connectivity index (χ4n) is 3.84. The van der Waals surface area contributed by atoms with Crippen molar-refractivity contribution < 1.29 is 29.0 Å². The van der Waals surface area contributed by atoms with Gasteiger partial charge in [0.05, 0.1) is 12.6 Å². The first-order chi connectivity index (χ1) is 15.9. The Balaban J connectivity index is 1.54. The fraction of sp³-hybridized carbons (Fsp3) is 0.375. The number of carboxylic acids is 1. The van der Waals surface area contributed by atoms with E-state index < -0.39 is 42.1 Å². The molecule has 2 amide bonds. The van der Waals surface area contributed by atoms with E-state index in [1.54, 1.807) is 24.5 Å². The van der Waals surface area contributed by atoms with Crippen LogP contribution in [0.15, 0.2) is 48.8 Å². The topological polar surface area (TPSA) is 126 Å². The number of rotatable bonds is 9. The minimum atomic E-state index is -1.57. The highest BCUT2D eigenvalue weighted by molar-refractivity contribution is 6.19. The molecule has 1 aromatic heterocycles. The quantitative estimate of drug-likeness (QED) is 0.556. The molecule has 1 saturated heterocycles. The van der Waals surface area contributed by atoms with Crippen molar-refractivity contribution >= 4 is 23.6 Å². The molecule has 4 rings (SSSR count). The summed E-state index contributed by atoms with van der Waals surface area (Å²) < 4.78 is 5.76. The smallest absolute Gasteiger partial charge is 0.322 e. The van der Waals surface area contributed by atoms with Gasteiger partial charge in [0, 0.05) is 25.4 Å². The monoisotopic (exact) mass is 451 g/mol. The number of ketones is 1. The van der Waals surface area contributed by atoms with Gasteiger partial charge in [0.25, 0.3) is 0 Å². The number of ether oxygens (including phenoxy) is 1. The summed E-state index contributed by atoms with van der Waals surface area (Å²) in [6.45, 7) is 0.212. The number of carboxylic acid groups (broad SMARTS) is 1. The average Bonchev–Trinajstić information content (AvgIpc) is 3.64. The molecule has 2 atom stereocenters. The van der Waals surface area contributed by atoms with Crippen LogP contribution in [0.5, 0.6) is 5.75 Å². The van der Waals surface area contributed by atoms with Crippen molar-refractivity contribution in [1.82, 2.24) is 15.2 Å². The number of nitrogens with one attached hydrogen (secondary N) is 1. The second-order valence-corrected chi connectivity index (χ2v) is 8.38. The molecule has 172 valence electrons. The molecule has 0 spiro atoms. The zero-order chi connectivity index (χ0) is 23.4. The third-order valence-corrected chi connectivity index (χ3v) is 5.83. The number of pyridine rings is 1. The summed E-state index contributed by atoms with van der Waals surface area (Å²) in [6.07, 6.45) is 5.53. The second kappa shape index (κ2) is 9.81. The number of nitrogens with zero attached hydrogens (tertiary/aromatic N) is 2. The molecule has 2 N–H and O–H groups in total. The third-order valence-electron chi connectivity index (χ3n) is 5.83. The molecule has 33 heavy (non-hydrogen) atoms. The number of hydrogen-bond acceptors (Lipinski definition) is 6. The molecule has 2 aromatic rings. The van der Waals surface area contributed by atoms with Crippen LogP contribution in [0.25, 0.3) is 0 Å². The third kappa shape index (κ3) is 5.54. The molecule has 9 heteroatoms. The molecular weight excluding hydrogens is 426 g/mol. The minimum Gasteiger partial charge on any atom is -0.493 e. The van der Waals surface area contributed by atoms with Crippen molar-refractivity contribution in [2.75, 3.05) is 13.2 Å². The number of benzene rings is 1. The minimum absolute atomic E-state index is 0.0643. The number of hydrogen-bond donors (Lipinski definition) is 2. The lowest BCUT2D eigenvalue weighted by atomic mass is 9.86. The van der Waals surface area contributed by atoms with Gasteiger partial charge in [0.1, 0.15) is 12.3 Å². The van der Waals surface area contributed by atoms with Crippen molar-refractivity contribution in [2.24, 2.45) is 11.8 Å². The van der Waals surface area contributed by atoms with Gasteiger partial charge < -0.3 is 20.1 Å². The molecule has 2 heterocycles. The lowest BCUT2D eigenvalue weighted by molar-refractivity contribution is -0.155. The van der Waals surface area contributed by atoms with E-state index in [1.807, 2.05) is 24.3 Å². The Morgan fingerprint density at radius 1 is 1.15 bits per heavy atom. The highest BCUT2D eigenvalue weighted by Crippen LogP contribution is 2.34. The number of piperidine rings is 1. The molecule has 9 nitrogen and oxygen atoms in total. The van der Waals surface area contributed by atoms with Gasteiger partial charge in [0.2, 0.25) is 11.8 Å². The summed E-state index contributed by atoms with van der Waals surface area (Å²) in [5.41, 5.74) is 1.50. The van der Waals surface area contributed by atoms with Gasteiger partial charge in [-0.25, -0.2) is 0 Å². The summed E-state index contributed by atoms with van der Waals surface area (Å²) in [5, 5.41) is 11.0. The van der Waals surface area contributed by atoms with Crippen LogP contribution in [0.2, 0.25) is 0 Å². The SMILES string of the molecule is O=C(O)CNC(=O)C1C(=O)C[C@@H](c2cccnc2)N(Cc2ccc(OCC3CC3)cc2)C1=O. The van der Waals surface area contributed by atoms with Crippen LogP contribution < -0.4 is 10.1 Å². The van der Waals surface area contributed by atoms with Gasteiger partial charge in [-0.15, -0.1) is 0 Å². The summed E-state index contributed by atoms with van der Waals surface area (Å²) >= 11 is 0. The van der Waals surface area contributed by atoms with Gasteiger partial charge >= 0.3 is 5.97 Å². The number of carbonyl (C=O) groups excluding carboxylic acids is 3. The number of amides is 2. The Morgan fingerprint density at radius 2 is 1.91 bits per heavy atom. The number of aliphatic carboxylic acids is 1. The van der Waals surface area contributed by atoms with Crippen LogP contribution in [0.1, 0.15) is 36.4 Å². The Kier molecular flexibility index (Phi) is 6.67. The van der Waals surface area contributed by atoms with E-state index >= 15 is 0 Å². The van der Waals surface area contributed by atoms with Crippen LogP contribution in [0.4, 0.5) is 0 Å². The van der Waals surface area contributed by atoms with E-state index in [2.05, 4.69) is 10.3 Å². The molecule has 1 aromatic carbocycles. The first-order valence-electron chi connectivity index (χ1n) is 10.9. The highest BCUT2D eigenvalue weighted by Gasteiger charge is 2.45. The lowest BCUT2D eigenvalue weighted by Crippen LogP contribution is -2.53. The average molecular weight is 451 g/mol. The number of aromatic nitrogens is 1. The van der Waals surface area contributed by atoms with Gasteiger partial charge in [-0.05, 0) is 48.1 Å². The Labute approximate surface area is 190 Å². The predicted octanol–water partition coefficient (Wildman–Crippen LogP) is 1.73. The van der Waals surface area contributed by atoms with Crippen molar-refractivity contribution in [3.05, 3.63) is 59.9 Å². The van der Waals surface area contributed by atoms with Crippen LogP contribution in [0.3, 0.4) is 0 Å². The summed E-state index contributed by atoms with van der Waals surface area (Å²) in [4.78, 5) is 54.9. The summed E-state index contributed by atoms with van der Waals surface area (Å²) in [7, 11) is 0. The Morgan fingerprint density at radius 3 is 2.55 bits per heavy atom. The van der Waals surface area contributed by atoms with E-state index in [0.29, 0.717) is 18.1 Å². The van der Waals surface area contributed by atoms with Gasteiger partial charge in [-0.1, -0.05) is 18.2 Å². The van der Waals surface area contributed by atoms with E-state index in [1.165, 1.54) is 17.7 Å². The van der Waals surface area contributed by atoms with Gasteiger partial charge in [-0.3, -0.25) is 24.2 Å². The summed E-state index contributed by atoms with van der Waals surface area (Å²) in [6, 6.07) is 10.3. The van der Waals surface area contributed by atoms with E-state index in [9.17, 15) is 19.2 Å². The molecular formula is C24H25N3O6. The normalized spacial score (nSPS) is 20.4. The van der Waals surface area contributed by atoms with Crippen molar-refractivity contribution in [3.8, 4) is 5.75 Å². The van der Waals surface area contributed by atoms with E-state index in [-0.39, 0.29) is 13.0 Å². The number of likely N-dealkylation sites (tertiary alicyclic amines) is 1. The lowest BCUT2D eigenvalue weighted by Gasteiger charge is -2.38. The largest absolute Gasteiger partial charge is 0.493 e. The predicted molar refractivity (Wildman–Crippen MR) is 116 cm³/mol. The van der Waals surface area contributed by atoms with Crippen molar-refractivity contribution in [3.63, 3.8) is 0 Å². The molecule has 2 aliphatic rings. The standard InChI is InChI=1S/C24H25N3O6/c28-20-10-19(17-2-1-9-25-11-17)27(24(32)22(20)23(31)26-12-21(29)30)13-15-5-7-18(8-6-15)33-14-16-3-4-16/h1-2,5-9,11,16,19,22H,3-4,10,12-14H2,(H,26,31)(H,29,30)/t19-,22?/m0/s1. The molecule has 1 aliphatic carbocycles. The molecule has 1 unspecified atom stereocenters. The second-order valence-electron chi connectivity index (χ2n) is 8.38. The molecule has 1 saturated carbocycles. The van der Waals surface area contributed by atoms with Crippen molar-refractivity contribution in [2.45, 2.75) is 31.8 Å². The Bertz CT molecular complexity index is 1040. The maximum absolute atomic E-state index is 13.3. The first kappa shape index (κ1) is 22.4. The maximum Gasteiger partial charge on any atom is 0.322 e. The fourth-order valence-corrected chi connectivity index (χ4v) is 3.84. The zero-order valence-corrected chi connectivity index (χ0v) is 18.0. The molecule has 0 radical (unpaired) electrons. The maximum atomic E-state index is 13.3. The van der Waals surface area contributed by atoms with Gasteiger partial charge in [-0.2, -0.15) is 0 Å². The number of Topliss-reactive ketones (excluding diaryl/α,β-unsaturated/α-hetero) is 1. The zero-order valence-electron chi connectivity index (χ0n) is 18.0. The summed E-state index contributed by atoms with van der Waals surface area (Å²) in [5.74, 6) is -3.54. The van der Waals surface area contributed by atoms with Crippen LogP contribution in [-0.4, -0.2) is 51.7 Å². The van der Waals surface area contributed by atoms with Crippen molar-refractivity contribution in [1.29, 1.82) is 0 Å². The van der Waals surface area contributed by atoms with Crippen LogP contribution in [-0.2, 0) is 25.7 Å². The van der Waals surface area contributed by atoms with Crippen LogP contribution in [0, 0.1) is 11.8 Å².